The highest BCUT2D eigenvalue weighted by Gasteiger charge is 2.44. The highest BCUT2D eigenvalue weighted by molar-refractivity contribution is 5.46. The van der Waals surface area contributed by atoms with Gasteiger partial charge in [-0.3, -0.25) is 0 Å². The minimum Gasteiger partial charge on any atom is -0.490 e. The summed E-state index contributed by atoms with van der Waals surface area (Å²) in [6.07, 6.45) is 2.32. The van der Waals surface area contributed by atoms with Crippen molar-refractivity contribution in [3.05, 3.63) is 23.5 Å². The quantitative estimate of drug-likeness (QED) is 0.910. The Morgan fingerprint density at radius 1 is 1.32 bits per heavy atom. The molecule has 0 spiro atoms. The van der Waals surface area contributed by atoms with E-state index in [9.17, 15) is 9.50 Å². The summed E-state index contributed by atoms with van der Waals surface area (Å²) in [6, 6.07) is 2.95. The highest BCUT2D eigenvalue weighted by Crippen LogP contribution is 2.45. The van der Waals surface area contributed by atoms with Crippen molar-refractivity contribution in [2.24, 2.45) is 5.92 Å². The van der Waals surface area contributed by atoms with E-state index in [2.05, 4.69) is 0 Å². The average molecular weight is 310 g/mol. The predicted molar refractivity (Wildman–Crippen MR) is 79.4 cm³/mol. The monoisotopic (exact) mass is 310 g/mol. The molecular formula is C17H23FO4. The van der Waals surface area contributed by atoms with Gasteiger partial charge in [0, 0.05) is 24.5 Å². The normalized spacial score (nSPS) is 34.7. The third kappa shape index (κ3) is 2.68. The van der Waals surface area contributed by atoms with E-state index in [1.165, 1.54) is 6.07 Å². The summed E-state index contributed by atoms with van der Waals surface area (Å²) in [6.45, 7) is 6.02. The summed E-state index contributed by atoms with van der Waals surface area (Å²) < 4.78 is 31.5. The lowest BCUT2D eigenvalue weighted by atomic mass is 9.78. The van der Waals surface area contributed by atoms with Crippen molar-refractivity contribution in [3.8, 4) is 11.5 Å². The fraction of sp³-hybridized carbons (Fsp3) is 0.647. The number of hydrogen-bond donors (Lipinski definition) is 1. The lowest BCUT2D eigenvalue weighted by Crippen LogP contribution is -2.44. The molecule has 2 aliphatic heterocycles. The molecule has 0 aromatic heterocycles. The van der Waals surface area contributed by atoms with Crippen LogP contribution in [0.5, 0.6) is 11.5 Å². The number of hydrogen-bond acceptors (Lipinski definition) is 4. The van der Waals surface area contributed by atoms with Crippen molar-refractivity contribution in [2.45, 2.75) is 58.0 Å². The topological polar surface area (TPSA) is 47.9 Å². The average Bonchev–Trinajstić information content (AvgIpc) is 2.45. The minimum absolute atomic E-state index is 0.204. The maximum Gasteiger partial charge on any atom is 0.199 e. The summed E-state index contributed by atoms with van der Waals surface area (Å²) in [4.78, 5) is 0. The van der Waals surface area contributed by atoms with E-state index in [0.717, 1.165) is 19.3 Å². The molecule has 122 valence electrons. The second-order valence-corrected chi connectivity index (χ2v) is 6.45. The molecule has 1 aromatic carbocycles. The first-order valence-electron chi connectivity index (χ1n) is 7.91. The Morgan fingerprint density at radius 3 is 2.77 bits per heavy atom. The molecule has 2 heterocycles. The number of fused-ring (bicyclic) bond motifs is 1. The Labute approximate surface area is 130 Å². The molecule has 2 aliphatic rings. The first-order chi connectivity index (χ1) is 10.4. The van der Waals surface area contributed by atoms with E-state index >= 15 is 0 Å². The van der Waals surface area contributed by atoms with Crippen LogP contribution in [0.1, 0.15) is 45.6 Å². The zero-order valence-electron chi connectivity index (χ0n) is 13.3. The molecule has 1 aromatic rings. The van der Waals surface area contributed by atoms with Crippen LogP contribution in [0.4, 0.5) is 4.39 Å². The molecule has 4 atom stereocenters. The molecule has 0 radical (unpaired) electrons. The maximum absolute atomic E-state index is 14.5. The van der Waals surface area contributed by atoms with Crippen LogP contribution in [0.3, 0.4) is 0 Å². The summed E-state index contributed by atoms with van der Waals surface area (Å²) in [7, 11) is 0. The zero-order valence-corrected chi connectivity index (χ0v) is 13.3. The van der Waals surface area contributed by atoms with Crippen molar-refractivity contribution in [3.63, 3.8) is 0 Å². The number of benzene rings is 1. The van der Waals surface area contributed by atoms with Gasteiger partial charge in [0.2, 0.25) is 0 Å². The van der Waals surface area contributed by atoms with E-state index < -0.39 is 11.4 Å². The standard InChI is InChI=1S/C17H23FO4/c1-10-11(2)21-14-9-12(22-15-6-4-5-7-20-15)8-13(18)16(14)17(10,3)19/h8-11,15,19H,4-7H2,1-3H3. The van der Waals surface area contributed by atoms with Crippen molar-refractivity contribution in [1.82, 2.24) is 0 Å². The lowest BCUT2D eigenvalue weighted by molar-refractivity contribution is -0.106. The van der Waals surface area contributed by atoms with Gasteiger partial charge in [-0.2, -0.15) is 0 Å². The third-order valence-corrected chi connectivity index (χ3v) is 4.84. The Bertz CT molecular complexity index is 552. The van der Waals surface area contributed by atoms with Crippen LogP contribution in [-0.4, -0.2) is 24.1 Å². The summed E-state index contributed by atoms with van der Waals surface area (Å²) in [5, 5.41) is 10.7. The van der Waals surface area contributed by atoms with Crippen molar-refractivity contribution in [1.29, 1.82) is 0 Å². The Hall–Kier alpha value is -1.33. The van der Waals surface area contributed by atoms with Gasteiger partial charge in [0.1, 0.15) is 23.4 Å². The molecule has 0 aliphatic carbocycles. The van der Waals surface area contributed by atoms with Crippen molar-refractivity contribution < 1.29 is 23.7 Å². The van der Waals surface area contributed by atoms with Gasteiger partial charge >= 0.3 is 0 Å². The molecule has 0 saturated carbocycles. The lowest BCUT2D eigenvalue weighted by Gasteiger charge is -2.41. The molecule has 1 fully saturated rings. The van der Waals surface area contributed by atoms with E-state index in [1.807, 2.05) is 13.8 Å². The molecule has 0 bridgehead atoms. The molecule has 3 rings (SSSR count). The summed E-state index contributed by atoms with van der Waals surface area (Å²) in [5.41, 5.74) is -1.06. The smallest absolute Gasteiger partial charge is 0.199 e. The number of rotatable bonds is 2. The van der Waals surface area contributed by atoms with Gasteiger partial charge in [0.25, 0.3) is 0 Å². The number of ether oxygens (including phenoxy) is 3. The first kappa shape index (κ1) is 15.6. The second kappa shape index (κ2) is 5.70. The van der Waals surface area contributed by atoms with E-state index in [4.69, 9.17) is 14.2 Å². The second-order valence-electron chi connectivity index (χ2n) is 6.45. The van der Waals surface area contributed by atoms with E-state index in [0.29, 0.717) is 18.1 Å². The van der Waals surface area contributed by atoms with E-state index in [-0.39, 0.29) is 23.9 Å². The molecule has 4 unspecified atom stereocenters. The van der Waals surface area contributed by atoms with Crippen LogP contribution in [0.25, 0.3) is 0 Å². The molecule has 22 heavy (non-hydrogen) atoms. The van der Waals surface area contributed by atoms with Crippen molar-refractivity contribution in [2.75, 3.05) is 6.61 Å². The molecule has 1 saturated heterocycles. The number of aliphatic hydroxyl groups is 1. The van der Waals surface area contributed by atoms with Gasteiger partial charge < -0.3 is 19.3 Å². The molecule has 1 N–H and O–H groups in total. The van der Waals surface area contributed by atoms with Gasteiger partial charge in [-0.1, -0.05) is 6.92 Å². The van der Waals surface area contributed by atoms with Crippen LogP contribution >= 0.6 is 0 Å². The van der Waals surface area contributed by atoms with Gasteiger partial charge in [-0.05, 0) is 26.7 Å². The summed E-state index contributed by atoms with van der Waals surface area (Å²) >= 11 is 0. The van der Waals surface area contributed by atoms with Crippen LogP contribution in [0.15, 0.2) is 12.1 Å². The zero-order chi connectivity index (χ0) is 15.9. The van der Waals surface area contributed by atoms with Crippen LogP contribution in [0.2, 0.25) is 0 Å². The first-order valence-corrected chi connectivity index (χ1v) is 7.91. The Morgan fingerprint density at radius 2 is 2.09 bits per heavy atom. The number of halogens is 1. The fourth-order valence-electron chi connectivity index (χ4n) is 3.15. The van der Waals surface area contributed by atoms with Crippen LogP contribution < -0.4 is 9.47 Å². The van der Waals surface area contributed by atoms with Crippen LogP contribution in [-0.2, 0) is 10.3 Å². The fourth-order valence-corrected chi connectivity index (χ4v) is 3.15. The van der Waals surface area contributed by atoms with Gasteiger partial charge in [-0.25, -0.2) is 4.39 Å². The van der Waals surface area contributed by atoms with Gasteiger partial charge in [0.15, 0.2) is 6.29 Å². The predicted octanol–water partition coefficient (Wildman–Crippen LogP) is 3.36. The Balaban J connectivity index is 1.91. The molecule has 0 amide bonds. The molecule has 5 heteroatoms. The van der Waals surface area contributed by atoms with Gasteiger partial charge in [-0.15, -0.1) is 0 Å². The van der Waals surface area contributed by atoms with Crippen LogP contribution in [0, 0.1) is 11.7 Å². The molecule has 4 nitrogen and oxygen atoms in total. The third-order valence-electron chi connectivity index (χ3n) is 4.84. The van der Waals surface area contributed by atoms with E-state index in [1.54, 1.807) is 13.0 Å². The summed E-state index contributed by atoms with van der Waals surface area (Å²) in [5.74, 6) is 0.0112. The van der Waals surface area contributed by atoms with Gasteiger partial charge in [0.05, 0.1) is 17.8 Å². The molecular weight excluding hydrogens is 287 g/mol. The SMILES string of the molecule is CC1Oc2cc(OC3CCCCO3)cc(F)c2C(C)(O)C1C. The van der Waals surface area contributed by atoms with Crippen molar-refractivity contribution >= 4 is 0 Å². The largest absolute Gasteiger partial charge is 0.490 e. The maximum atomic E-state index is 14.5. The highest BCUT2D eigenvalue weighted by atomic mass is 19.1. The Kier molecular flexibility index (Phi) is 4.03. The minimum atomic E-state index is -1.27.